The molecule has 1 heterocycles. The van der Waals surface area contributed by atoms with Crippen LogP contribution in [0.2, 0.25) is 0 Å². The van der Waals surface area contributed by atoms with Gasteiger partial charge in [-0.3, -0.25) is 14.5 Å². The zero-order chi connectivity index (χ0) is 15.7. The second kappa shape index (κ2) is 6.18. The maximum absolute atomic E-state index is 12.6. The van der Waals surface area contributed by atoms with Crippen molar-refractivity contribution in [2.24, 2.45) is 5.92 Å². The first kappa shape index (κ1) is 15.2. The molecule has 1 aliphatic carbocycles. The number of aliphatic hydroxyl groups is 1. The minimum Gasteiger partial charge on any atom is -0.391 e. The summed E-state index contributed by atoms with van der Waals surface area (Å²) in [6.45, 7) is 0.406. The van der Waals surface area contributed by atoms with Gasteiger partial charge in [0.1, 0.15) is 0 Å². The van der Waals surface area contributed by atoms with Crippen LogP contribution in [0.15, 0.2) is 24.3 Å². The molecule has 2 aliphatic rings. The smallest absolute Gasteiger partial charge is 0.261 e. The third-order valence-corrected chi connectivity index (χ3v) is 4.85. The zero-order valence-corrected chi connectivity index (χ0v) is 12.8. The monoisotopic (exact) mass is 302 g/mol. The second-order valence-corrected chi connectivity index (χ2v) is 6.19. The van der Waals surface area contributed by atoms with E-state index in [4.69, 9.17) is 0 Å². The Bertz CT molecular complexity index is 546. The van der Waals surface area contributed by atoms with Crippen molar-refractivity contribution in [2.75, 3.05) is 13.6 Å². The number of rotatable bonds is 5. The van der Waals surface area contributed by atoms with E-state index >= 15 is 0 Å². The molecule has 0 unspecified atom stereocenters. The zero-order valence-electron chi connectivity index (χ0n) is 12.8. The summed E-state index contributed by atoms with van der Waals surface area (Å²) in [6, 6.07) is 6.35. The molecule has 1 aromatic rings. The van der Waals surface area contributed by atoms with Gasteiger partial charge in [0.15, 0.2) is 0 Å². The van der Waals surface area contributed by atoms with Gasteiger partial charge >= 0.3 is 0 Å². The fourth-order valence-corrected chi connectivity index (χ4v) is 3.70. The number of likely N-dealkylation sites (N-methyl/N-ethyl adjacent to an activating group) is 1. The van der Waals surface area contributed by atoms with Crippen LogP contribution < -0.4 is 5.32 Å². The number of aliphatic hydroxyl groups excluding tert-OH is 1. The minimum atomic E-state index is -0.669. The molecule has 5 nitrogen and oxygen atoms in total. The van der Waals surface area contributed by atoms with Crippen LogP contribution in [0.1, 0.15) is 46.4 Å². The van der Waals surface area contributed by atoms with Crippen molar-refractivity contribution < 1.29 is 14.7 Å². The summed E-state index contributed by atoms with van der Waals surface area (Å²) in [7, 11) is 1.77. The molecular formula is C17H22N2O3. The molecule has 1 aliphatic heterocycles. The minimum absolute atomic E-state index is 0.169. The van der Waals surface area contributed by atoms with Gasteiger partial charge in [0.2, 0.25) is 0 Å². The summed E-state index contributed by atoms with van der Waals surface area (Å²) in [4.78, 5) is 26.5. The molecule has 1 fully saturated rings. The van der Waals surface area contributed by atoms with Gasteiger partial charge in [-0.1, -0.05) is 25.0 Å². The molecule has 1 aromatic carbocycles. The Morgan fingerprint density at radius 2 is 1.73 bits per heavy atom. The first-order valence-corrected chi connectivity index (χ1v) is 7.94. The van der Waals surface area contributed by atoms with Crippen LogP contribution in [0.4, 0.5) is 0 Å². The highest BCUT2D eigenvalue weighted by Gasteiger charge is 2.44. The van der Waals surface area contributed by atoms with Gasteiger partial charge in [-0.15, -0.1) is 0 Å². The summed E-state index contributed by atoms with van der Waals surface area (Å²) in [6.07, 6.45) is 3.47. The van der Waals surface area contributed by atoms with E-state index < -0.39 is 12.1 Å². The Hall–Kier alpha value is -1.72. The summed E-state index contributed by atoms with van der Waals surface area (Å²) >= 11 is 0. The van der Waals surface area contributed by atoms with Crippen molar-refractivity contribution in [3.63, 3.8) is 0 Å². The summed E-state index contributed by atoms with van der Waals surface area (Å²) < 4.78 is 0. The number of fused-ring (bicyclic) bond motifs is 1. The third-order valence-electron chi connectivity index (χ3n) is 4.85. The Balaban J connectivity index is 1.89. The molecule has 3 rings (SSSR count). The lowest BCUT2D eigenvalue weighted by Crippen LogP contribution is -2.53. The fourth-order valence-electron chi connectivity index (χ4n) is 3.70. The van der Waals surface area contributed by atoms with Crippen molar-refractivity contribution in [3.05, 3.63) is 35.4 Å². The van der Waals surface area contributed by atoms with E-state index in [1.165, 1.54) is 4.90 Å². The predicted octanol–water partition coefficient (Wildman–Crippen LogP) is 1.42. The molecule has 22 heavy (non-hydrogen) atoms. The van der Waals surface area contributed by atoms with Crippen molar-refractivity contribution in [3.8, 4) is 0 Å². The SMILES string of the molecule is CNC[C@H]([C@H](O)C1CCCC1)N1C(=O)c2ccccc2C1=O. The molecule has 118 valence electrons. The molecule has 0 spiro atoms. The highest BCUT2D eigenvalue weighted by molar-refractivity contribution is 6.21. The van der Waals surface area contributed by atoms with Crippen molar-refractivity contribution in [1.82, 2.24) is 10.2 Å². The number of carbonyl (C=O) groups is 2. The molecule has 0 bridgehead atoms. The van der Waals surface area contributed by atoms with Crippen LogP contribution in [-0.2, 0) is 0 Å². The number of imide groups is 1. The number of amides is 2. The number of nitrogens with one attached hydrogen (secondary N) is 1. The predicted molar refractivity (Wildman–Crippen MR) is 82.6 cm³/mol. The Labute approximate surface area is 130 Å². The van der Waals surface area contributed by atoms with E-state index in [0.717, 1.165) is 25.7 Å². The molecule has 0 radical (unpaired) electrons. The first-order chi connectivity index (χ1) is 10.6. The largest absolute Gasteiger partial charge is 0.391 e. The lowest BCUT2D eigenvalue weighted by atomic mass is 9.93. The molecule has 0 aromatic heterocycles. The van der Waals surface area contributed by atoms with Crippen molar-refractivity contribution in [1.29, 1.82) is 0 Å². The molecule has 2 atom stereocenters. The summed E-state index contributed by atoms with van der Waals surface area (Å²) in [5.41, 5.74) is 0.874. The highest BCUT2D eigenvalue weighted by Crippen LogP contribution is 2.33. The lowest BCUT2D eigenvalue weighted by Gasteiger charge is -2.33. The lowest BCUT2D eigenvalue weighted by molar-refractivity contribution is 0.0155. The number of hydrogen-bond acceptors (Lipinski definition) is 4. The van der Waals surface area contributed by atoms with Gasteiger partial charge in [-0.25, -0.2) is 0 Å². The molecule has 0 saturated heterocycles. The van der Waals surface area contributed by atoms with Gasteiger partial charge < -0.3 is 10.4 Å². The number of hydrogen-bond donors (Lipinski definition) is 2. The molecule has 2 amide bonds. The molecule has 2 N–H and O–H groups in total. The highest BCUT2D eigenvalue weighted by atomic mass is 16.3. The van der Waals surface area contributed by atoms with Crippen LogP contribution >= 0.6 is 0 Å². The van der Waals surface area contributed by atoms with Crippen LogP contribution in [0.5, 0.6) is 0 Å². The molecular weight excluding hydrogens is 280 g/mol. The van der Waals surface area contributed by atoms with E-state index in [1.807, 2.05) is 0 Å². The summed E-state index contributed by atoms with van der Waals surface area (Å²) in [5.74, 6) is -0.418. The van der Waals surface area contributed by atoms with Gasteiger partial charge in [0.05, 0.1) is 23.3 Å². The Morgan fingerprint density at radius 3 is 2.23 bits per heavy atom. The maximum Gasteiger partial charge on any atom is 0.261 e. The van der Waals surface area contributed by atoms with Gasteiger partial charge in [-0.2, -0.15) is 0 Å². The van der Waals surface area contributed by atoms with Crippen molar-refractivity contribution >= 4 is 11.8 Å². The summed E-state index contributed by atoms with van der Waals surface area (Å²) in [5, 5.41) is 13.7. The van der Waals surface area contributed by atoms with Crippen LogP contribution in [0, 0.1) is 5.92 Å². The fraction of sp³-hybridized carbons (Fsp3) is 0.529. The Morgan fingerprint density at radius 1 is 1.18 bits per heavy atom. The first-order valence-electron chi connectivity index (χ1n) is 7.94. The second-order valence-electron chi connectivity index (χ2n) is 6.19. The third kappa shape index (κ3) is 2.44. The average Bonchev–Trinajstić information content (AvgIpc) is 3.14. The van der Waals surface area contributed by atoms with Gasteiger partial charge in [0.25, 0.3) is 11.8 Å². The van der Waals surface area contributed by atoms with Crippen LogP contribution in [-0.4, -0.2) is 47.6 Å². The normalized spacial score (nSPS) is 21.3. The molecule has 1 saturated carbocycles. The topological polar surface area (TPSA) is 69.6 Å². The number of carbonyl (C=O) groups excluding carboxylic acids is 2. The maximum atomic E-state index is 12.6. The number of benzene rings is 1. The molecule has 5 heteroatoms. The van der Waals surface area contributed by atoms with Gasteiger partial charge in [0, 0.05) is 6.54 Å². The van der Waals surface area contributed by atoms with Crippen molar-refractivity contribution in [2.45, 2.75) is 37.8 Å². The standard InChI is InChI=1S/C17H22N2O3/c1-18-10-14(15(20)11-6-2-3-7-11)19-16(21)12-8-4-5-9-13(12)17(19)22/h4-5,8-9,11,14-15,18,20H,2-3,6-7,10H2,1H3/t14-,15-/m1/s1. The van der Waals surface area contributed by atoms with Crippen LogP contribution in [0.25, 0.3) is 0 Å². The Kier molecular flexibility index (Phi) is 4.27. The average molecular weight is 302 g/mol. The van der Waals surface area contributed by atoms with E-state index in [9.17, 15) is 14.7 Å². The van der Waals surface area contributed by atoms with Gasteiger partial charge in [-0.05, 0) is 37.9 Å². The number of nitrogens with zero attached hydrogens (tertiary/aromatic N) is 1. The quantitative estimate of drug-likeness (QED) is 0.807. The van der Waals surface area contributed by atoms with E-state index in [1.54, 1.807) is 31.3 Å². The van der Waals surface area contributed by atoms with E-state index in [0.29, 0.717) is 17.7 Å². The van der Waals surface area contributed by atoms with E-state index in [-0.39, 0.29) is 17.7 Å². The van der Waals surface area contributed by atoms with Crippen LogP contribution in [0.3, 0.4) is 0 Å². The van der Waals surface area contributed by atoms with E-state index in [2.05, 4.69) is 5.32 Å².